The maximum Gasteiger partial charge on any atom is 0.148 e. The van der Waals surface area contributed by atoms with Gasteiger partial charge in [0.25, 0.3) is 0 Å². The molecule has 0 aliphatic heterocycles. The molecule has 0 radical (unpaired) electrons. The molecule has 0 aliphatic carbocycles. The summed E-state index contributed by atoms with van der Waals surface area (Å²) in [6.45, 7) is 2.59. The number of benzene rings is 1. The highest BCUT2D eigenvalue weighted by Crippen LogP contribution is 2.14. The summed E-state index contributed by atoms with van der Waals surface area (Å²) in [7, 11) is -2.90. The van der Waals surface area contributed by atoms with Crippen LogP contribution in [0, 0.1) is 0 Å². The van der Waals surface area contributed by atoms with E-state index in [-0.39, 0.29) is 11.8 Å². The van der Waals surface area contributed by atoms with Crippen molar-refractivity contribution < 1.29 is 8.42 Å². The number of hydrogen-bond acceptors (Lipinski definition) is 4. The summed E-state index contributed by atoms with van der Waals surface area (Å²) < 4.78 is 22.2. The van der Waals surface area contributed by atoms with Crippen LogP contribution in [0.2, 0.25) is 0 Å². The fraction of sp³-hybridized carbons (Fsp3) is 0.500. The lowest BCUT2D eigenvalue weighted by Gasteiger charge is -2.12. The van der Waals surface area contributed by atoms with Crippen molar-refractivity contribution in [2.24, 2.45) is 0 Å². The first kappa shape index (κ1) is 14.5. The quantitative estimate of drug-likeness (QED) is 0.805. The van der Waals surface area contributed by atoms with Gasteiger partial charge in [-0.3, -0.25) is 0 Å². The monoisotopic (exact) mass is 273 g/mol. The molecule has 3 nitrogen and oxygen atoms in total. The van der Waals surface area contributed by atoms with Crippen LogP contribution in [-0.4, -0.2) is 32.7 Å². The SMILES string of the molecule is CSc1ccc(CNC(C)CS(C)(=O)=O)cc1. The normalized spacial score (nSPS) is 13.6. The number of thioether (sulfide) groups is 1. The van der Waals surface area contributed by atoms with E-state index in [4.69, 9.17) is 0 Å². The fourth-order valence-electron chi connectivity index (χ4n) is 1.55. The molecule has 0 fully saturated rings. The highest BCUT2D eigenvalue weighted by molar-refractivity contribution is 7.98. The first-order valence-electron chi connectivity index (χ1n) is 5.45. The van der Waals surface area contributed by atoms with E-state index in [2.05, 4.69) is 29.6 Å². The van der Waals surface area contributed by atoms with Crippen molar-refractivity contribution >= 4 is 21.6 Å². The molecule has 1 aromatic carbocycles. The molecule has 1 N–H and O–H groups in total. The summed E-state index contributed by atoms with van der Waals surface area (Å²) in [5.74, 6) is 0.176. The Balaban J connectivity index is 2.44. The third-order valence-corrected chi connectivity index (χ3v) is 4.22. The molecule has 0 bridgehead atoms. The van der Waals surface area contributed by atoms with E-state index in [9.17, 15) is 8.42 Å². The molecule has 0 saturated carbocycles. The van der Waals surface area contributed by atoms with Crippen LogP contribution in [0.15, 0.2) is 29.2 Å². The second kappa shape index (κ2) is 6.42. The van der Waals surface area contributed by atoms with E-state index in [1.54, 1.807) is 11.8 Å². The van der Waals surface area contributed by atoms with Crippen molar-refractivity contribution in [2.75, 3.05) is 18.3 Å². The Morgan fingerprint density at radius 1 is 1.29 bits per heavy atom. The highest BCUT2D eigenvalue weighted by Gasteiger charge is 2.09. The third-order valence-electron chi connectivity index (χ3n) is 2.37. The number of hydrogen-bond donors (Lipinski definition) is 1. The predicted molar refractivity (Wildman–Crippen MR) is 74.2 cm³/mol. The maximum atomic E-state index is 11.1. The summed E-state index contributed by atoms with van der Waals surface area (Å²) in [5, 5.41) is 3.21. The Kier molecular flexibility index (Phi) is 5.49. The molecule has 0 aliphatic rings. The largest absolute Gasteiger partial charge is 0.309 e. The van der Waals surface area contributed by atoms with Crippen LogP contribution in [0.4, 0.5) is 0 Å². The Morgan fingerprint density at radius 2 is 1.88 bits per heavy atom. The van der Waals surface area contributed by atoms with Gasteiger partial charge < -0.3 is 5.32 Å². The minimum absolute atomic E-state index is 0.0229. The molecule has 0 heterocycles. The Morgan fingerprint density at radius 3 is 2.35 bits per heavy atom. The van der Waals surface area contributed by atoms with Crippen molar-refractivity contribution in [3.8, 4) is 0 Å². The van der Waals surface area contributed by atoms with Crippen molar-refractivity contribution in [2.45, 2.75) is 24.4 Å². The lowest BCUT2D eigenvalue weighted by Crippen LogP contribution is -2.32. The first-order valence-corrected chi connectivity index (χ1v) is 8.73. The average molecular weight is 273 g/mol. The van der Waals surface area contributed by atoms with Gasteiger partial charge >= 0.3 is 0 Å². The van der Waals surface area contributed by atoms with Crippen LogP contribution < -0.4 is 5.32 Å². The van der Waals surface area contributed by atoms with Gasteiger partial charge in [0.15, 0.2) is 0 Å². The summed E-state index contributed by atoms with van der Waals surface area (Å²) in [6, 6.07) is 8.24. The molecule has 0 amide bonds. The summed E-state index contributed by atoms with van der Waals surface area (Å²) >= 11 is 1.71. The second-order valence-electron chi connectivity index (χ2n) is 4.22. The molecule has 0 aromatic heterocycles. The van der Waals surface area contributed by atoms with E-state index >= 15 is 0 Å². The van der Waals surface area contributed by atoms with Crippen molar-refractivity contribution in [1.82, 2.24) is 5.32 Å². The Hall–Kier alpha value is -0.520. The van der Waals surface area contributed by atoms with Crippen LogP contribution in [0.3, 0.4) is 0 Å². The highest BCUT2D eigenvalue weighted by atomic mass is 32.2. The van der Waals surface area contributed by atoms with Crippen LogP contribution in [0.25, 0.3) is 0 Å². The molecule has 17 heavy (non-hydrogen) atoms. The summed E-state index contributed by atoms with van der Waals surface area (Å²) in [6.07, 6.45) is 3.31. The van der Waals surface area contributed by atoms with Gasteiger partial charge in [0.1, 0.15) is 9.84 Å². The number of rotatable bonds is 6. The van der Waals surface area contributed by atoms with Gasteiger partial charge in [-0.2, -0.15) is 0 Å². The summed E-state index contributed by atoms with van der Waals surface area (Å²) in [5.41, 5.74) is 1.17. The molecule has 96 valence electrons. The molecular weight excluding hydrogens is 254 g/mol. The third kappa shape index (κ3) is 6.10. The molecule has 0 spiro atoms. The molecule has 1 atom stereocenters. The topological polar surface area (TPSA) is 46.2 Å². The Bertz CT molecular complexity index is 440. The zero-order chi connectivity index (χ0) is 12.9. The van der Waals surface area contributed by atoms with Gasteiger partial charge in [-0.1, -0.05) is 12.1 Å². The van der Waals surface area contributed by atoms with Gasteiger partial charge in [0, 0.05) is 23.7 Å². The minimum Gasteiger partial charge on any atom is -0.309 e. The fourth-order valence-corrected chi connectivity index (χ4v) is 2.98. The van der Waals surface area contributed by atoms with Gasteiger partial charge in [-0.25, -0.2) is 8.42 Å². The number of nitrogens with one attached hydrogen (secondary N) is 1. The second-order valence-corrected chi connectivity index (χ2v) is 7.29. The van der Waals surface area contributed by atoms with Gasteiger partial charge in [0.2, 0.25) is 0 Å². The van der Waals surface area contributed by atoms with Crippen molar-refractivity contribution in [3.63, 3.8) is 0 Å². The standard InChI is InChI=1S/C12H19NO2S2/c1-10(9-17(3,14)15)13-8-11-4-6-12(16-2)7-5-11/h4-7,10,13H,8-9H2,1-3H3. The smallest absolute Gasteiger partial charge is 0.148 e. The number of sulfone groups is 1. The average Bonchev–Trinajstić information content (AvgIpc) is 2.25. The van der Waals surface area contributed by atoms with Gasteiger partial charge in [-0.05, 0) is 30.9 Å². The minimum atomic E-state index is -2.90. The maximum absolute atomic E-state index is 11.1. The van der Waals surface area contributed by atoms with Crippen LogP contribution in [0.5, 0.6) is 0 Å². The lowest BCUT2D eigenvalue weighted by molar-refractivity contribution is 0.560. The predicted octanol–water partition coefficient (Wildman–Crippen LogP) is 1.93. The van der Waals surface area contributed by atoms with Gasteiger partial charge in [-0.15, -0.1) is 11.8 Å². The molecule has 1 aromatic rings. The van der Waals surface area contributed by atoms with E-state index in [0.717, 1.165) is 0 Å². The van der Waals surface area contributed by atoms with Crippen LogP contribution in [-0.2, 0) is 16.4 Å². The molecular formula is C12H19NO2S2. The van der Waals surface area contributed by atoms with Crippen molar-refractivity contribution in [1.29, 1.82) is 0 Å². The zero-order valence-corrected chi connectivity index (χ0v) is 12.1. The molecule has 1 rings (SSSR count). The molecule has 5 heteroatoms. The van der Waals surface area contributed by atoms with Crippen molar-refractivity contribution in [3.05, 3.63) is 29.8 Å². The van der Waals surface area contributed by atoms with E-state index in [0.29, 0.717) is 6.54 Å². The summed E-state index contributed by atoms with van der Waals surface area (Å²) in [4.78, 5) is 1.23. The first-order chi connectivity index (χ1) is 7.90. The van der Waals surface area contributed by atoms with E-state index in [1.807, 2.05) is 13.2 Å². The van der Waals surface area contributed by atoms with E-state index in [1.165, 1.54) is 16.7 Å². The molecule has 1 unspecified atom stereocenters. The zero-order valence-electron chi connectivity index (χ0n) is 10.4. The van der Waals surface area contributed by atoms with E-state index < -0.39 is 9.84 Å². The van der Waals surface area contributed by atoms with Crippen LogP contribution >= 0.6 is 11.8 Å². The lowest BCUT2D eigenvalue weighted by atomic mass is 10.2. The Labute approximate surface area is 108 Å². The van der Waals surface area contributed by atoms with Crippen LogP contribution in [0.1, 0.15) is 12.5 Å². The van der Waals surface area contributed by atoms with Gasteiger partial charge in [0.05, 0.1) is 5.75 Å². The molecule has 0 saturated heterocycles.